The first-order valence-corrected chi connectivity index (χ1v) is 5.47. The van der Waals surface area contributed by atoms with Gasteiger partial charge in [0.15, 0.2) is 0 Å². The topological polar surface area (TPSA) is 24.9 Å². The van der Waals surface area contributed by atoms with Gasteiger partial charge in [0.2, 0.25) is 0 Å². The summed E-state index contributed by atoms with van der Waals surface area (Å²) in [5.74, 6) is 0.764. The van der Waals surface area contributed by atoms with Crippen LogP contribution in [0, 0.1) is 5.92 Å². The summed E-state index contributed by atoms with van der Waals surface area (Å²) in [5, 5.41) is 4.07. The van der Waals surface area contributed by atoms with Crippen molar-refractivity contribution in [2.75, 3.05) is 7.05 Å². The highest BCUT2D eigenvalue weighted by molar-refractivity contribution is 6.30. The van der Waals surface area contributed by atoms with Gasteiger partial charge < -0.3 is 5.32 Å². The highest BCUT2D eigenvalue weighted by Crippen LogP contribution is 2.37. The molecule has 1 heterocycles. The van der Waals surface area contributed by atoms with E-state index in [4.69, 9.17) is 11.6 Å². The van der Waals surface area contributed by atoms with Gasteiger partial charge in [0, 0.05) is 18.4 Å². The predicted molar refractivity (Wildman–Crippen MR) is 58.4 cm³/mol. The summed E-state index contributed by atoms with van der Waals surface area (Å²) < 4.78 is 0. The first-order chi connectivity index (χ1) is 6.81. The van der Waals surface area contributed by atoms with E-state index in [1.54, 1.807) is 6.20 Å². The van der Waals surface area contributed by atoms with Gasteiger partial charge in [-0.25, -0.2) is 0 Å². The molecule has 0 spiro atoms. The number of pyridine rings is 1. The van der Waals surface area contributed by atoms with Crippen LogP contribution in [-0.4, -0.2) is 12.0 Å². The van der Waals surface area contributed by atoms with E-state index >= 15 is 0 Å². The van der Waals surface area contributed by atoms with Crippen molar-refractivity contribution in [3.8, 4) is 0 Å². The summed E-state index contributed by atoms with van der Waals surface area (Å²) in [7, 11) is 2.00. The largest absolute Gasteiger partial charge is 0.313 e. The minimum absolute atomic E-state index is 0.426. The van der Waals surface area contributed by atoms with E-state index in [0.717, 1.165) is 10.9 Å². The van der Waals surface area contributed by atoms with Crippen LogP contribution in [0.15, 0.2) is 18.5 Å². The quantitative estimate of drug-likeness (QED) is 0.830. The molecule has 0 radical (unpaired) electrons. The number of rotatable bonds is 3. The fourth-order valence-electron chi connectivity index (χ4n) is 2.05. The Morgan fingerprint density at radius 1 is 1.50 bits per heavy atom. The molecule has 1 saturated carbocycles. The van der Waals surface area contributed by atoms with Gasteiger partial charge in [0.25, 0.3) is 0 Å². The molecule has 0 bridgehead atoms. The molecule has 0 aromatic carbocycles. The molecule has 0 saturated heterocycles. The molecular formula is C11H15ClN2. The summed E-state index contributed by atoms with van der Waals surface area (Å²) in [5.41, 5.74) is 1.21. The van der Waals surface area contributed by atoms with Crippen molar-refractivity contribution in [1.82, 2.24) is 10.3 Å². The Kier molecular flexibility index (Phi) is 3.04. The van der Waals surface area contributed by atoms with Gasteiger partial charge in [-0.05, 0) is 37.4 Å². The predicted octanol–water partition coefficient (Wildman–Crippen LogP) is 2.80. The molecule has 1 aromatic rings. The van der Waals surface area contributed by atoms with Crippen molar-refractivity contribution in [1.29, 1.82) is 0 Å². The molecule has 1 aliphatic rings. The van der Waals surface area contributed by atoms with Crippen molar-refractivity contribution in [2.45, 2.75) is 25.3 Å². The van der Waals surface area contributed by atoms with Crippen molar-refractivity contribution < 1.29 is 0 Å². The number of nitrogens with one attached hydrogen (secondary N) is 1. The number of hydrogen-bond donors (Lipinski definition) is 1. The zero-order valence-electron chi connectivity index (χ0n) is 8.33. The summed E-state index contributed by atoms with van der Waals surface area (Å²) in [6.07, 6.45) is 7.58. The molecule has 14 heavy (non-hydrogen) atoms. The summed E-state index contributed by atoms with van der Waals surface area (Å²) in [6, 6.07) is 2.43. The van der Waals surface area contributed by atoms with Gasteiger partial charge in [-0.3, -0.25) is 4.98 Å². The van der Waals surface area contributed by atoms with Crippen LogP contribution in [-0.2, 0) is 0 Å². The highest BCUT2D eigenvalue weighted by atomic mass is 35.5. The Bertz CT molecular complexity index is 310. The second-order valence-electron chi connectivity index (χ2n) is 3.89. The summed E-state index contributed by atoms with van der Waals surface area (Å²) in [4.78, 5) is 4.12. The zero-order valence-corrected chi connectivity index (χ0v) is 9.09. The smallest absolute Gasteiger partial charge is 0.0592 e. The fraction of sp³-hybridized carbons (Fsp3) is 0.545. The van der Waals surface area contributed by atoms with Crippen molar-refractivity contribution in [3.63, 3.8) is 0 Å². The third-order valence-electron chi connectivity index (χ3n) is 3.02. The number of nitrogens with zero attached hydrogens (tertiary/aromatic N) is 1. The van der Waals surface area contributed by atoms with Crippen LogP contribution in [0.2, 0.25) is 5.02 Å². The molecular weight excluding hydrogens is 196 g/mol. The molecule has 2 nitrogen and oxygen atoms in total. The van der Waals surface area contributed by atoms with E-state index in [9.17, 15) is 0 Å². The molecule has 0 amide bonds. The van der Waals surface area contributed by atoms with E-state index in [1.807, 2.05) is 19.3 Å². The van der Waals surface area contributed by atoms with E-state index in [1.165, 1.54) is 24.8 Å². The zero-order chi connectivity index (χ0) is 9.97. The fourth-order valence-corrected chi connectivity index (χ4v) is 2.23. The first-order valence-electron chi connectivity index (χ1n) is 5.09. The molecule has 1 atom stereocenters. The number of halogens is 1. The third kappa shape index (κ3) is 1.91. The van der Waals surface area contributed by atoms with Crippen LogP contribution >= 0.6 is 11.6 Å². The SMILES string of the molecule is CNC(c1cncc(Cl)c1)C1CCC1. The number of aromatic nitrogens is 1. The van der Waals surface area contributed by atoms with E-state index in [0.29, 0.717) is 6.04 Å². The molecule has 1 aromatic heterocycles. The van der Waals surface area contributed by atoms with Crippen molar-refractivity contribution in [3.05, 3.63) is 29.0 Å². The average molecular weight is 211 g/mol. The van der Waals surface area contributed by atoms with Crippen LogP contribution in [0.4, 0.5) is 0 Å². The van der Waals surface area contributed by atoms with Crippen molar-refractivity contribution in [2.24, 2.45) is 5.92 Å². The Morgan fingerprint density at radius 2 is 2.29 bits per heavy atom. The molecule has 2 rings (SSSR count). The molecule has 3 heteroatoms. The minimum atomic E-state index is 0.426. The van der Waals surface area contributed by atoms with Gasteiger partial charge in [-0.1, -0.05) is 18.0 Å². The monoisotopic (exact) mass is 210 g/mol. The Morgan fingerprint density at radius 3 is 2.79 bits per heavy atom. The highest BCUT2D eigenvalue weighted by Gasteiger charge is 2.27. The Labute approximate surface area is 89.7 Å². The molecule has 1 N–H and O–H groups in total. The van der Waals surface area contributed by atoms with Gasteiger partial charge >= 0.3 is 0 Å². The molecule has 0 aliphatic heterocycles. The Balaban J connectivity index is 2.17. The third-order valence-corrected chi connectivity index (χ3v) is 3.22. The summed E-state index contributed by atoms with van der Waals surface area (Å²) >= 11 is 5.92. The maximum absolute atomic E-state index is 5.92. The van der Waals surface area contributed by atoms with E-state index in [2.05, 4.69) is 10.3 Å². The van der Waals surface area contributed by atoms with Crippen molar-refractivity contribution >= 4 is 11.6 Å². The standard InChI is InChI=1S/C11H15ClN2/c1-13-11(8-3-2-4-8)9-5-10(12)7-14-6-9/h5-8,11,13H,2-4H2,1H3. The lowest BCUT2D eigenvalue weighted by molar-refractivity contribution is 0.239. The average Bonchev–Trinajstić information content (AvgIpc) is 2.10. The lowest BCUT2D eigenvalue weighted by atomic mass is 9.77. The van der Waals surface area contributed by atoms with E-state index in [-0.39, 0.29) is 0 Å². The lowest BCUT2D eigenvalue weighted by Crippen LogP contribution is -2.29. The Hall–Kier alpha value is -0.600. The second kappa shape index (κ2) is 4.28. The maximum Gasteiger partial charge on any atom is 0.0592 e. The second-order valence-corrected chi connectivity index (χ2v) is 4.33. The molecule has 1 aliphatic carbocycles. The van der Waals surface area contributed by atoms with Crippen LogP contribution in [0.1, 0.15) is 30.9 Å². The first kappa shape index (κ1) is 9.94. The van der Waals surface area contributed by atoms with Crippen LogP contribution < -0.4 is 5.32 Å². The normalized spacial score (nSPS) is 19.0. The van der Waals surface area contributed by atoms with Gasteiger partial charge in [0.1, 0.15) is 0 Å². The molecule has 1 fully saturated rings. The van der Waals surface area contributed by atoms with Crippen LogP contribution in [0.3, 0.4) is 0 Å². The lowest BCUT2D eigenvalue weighted by Gasteiger charge is -2.33. The molecule has 1 unspecified atom stereocenters. The van der Waals surface area contributed by atoms with Gasteiger partial charge in [-0.2, -0.15) is 0 Å². The maximum atomic E-state index is 5.92. The van der Waals surface area contributed by atoms with Crippen LogP contribution in [0.5, 0.6) is 0 Å². The number of hydrogen-bond acceptors (Lipinski definition) is 2. The minimum Gasteiger partial charge on any atom is -0.313 e. The van der Waals surface area contributed by atoms with Gasteiger partial charge in [-0.15, -0.1) is 0 Å². The van der Waals surface area contributed by atoms with Crippen LogP contribution in [0.25, 0.3) is 0 Å². The van der Waals surface area contributed by atoms with E-state index < -0.39 is 0 Å². The van der Waals surface area contributed by atoms with Gasteiger partial charge in [0.05, 0.1) is 5.02 Å². The summed E-state index contributed by atoms with van der Waals surface area (Å²) in [6.45, 7) is 0. The molecule has 76 valence electrons.